The minimum Gasteiger partial charge on any atom is -0.476 e. The molecule has 2 aromatic rings. The molecule has 21 heavy (non-hydrogen) atoms. The average molecular weight is 283 g/mol. The molecule has 1 aliphatic rings. The molecule has 2 heterocycles. The number of aromatic nitrogens is 3. The zero-order valence-corrected chi connectivity index (χ0v) is 11.4. The van der Waals surface area contributed by atoms with Gasteiger partial charge in [-0.25, -0.2) is 9.48 Å². The van der Waals surface area contributed by atoms with Crippen LogP contribution in [0.5, 0.6) is 0 Å². The monoisotopic (exact) mass is 283 g/mol. The van der Waals surface area contributed by atoms with Gasteiger partial charge in [0.25, 0.3) is 0 Å². The second kappa shape index (κ2) is 4.90. The Kier molecular flexibility index (Phi) is 3.06. The van der Waals surface area contributed by atoms with Crippen molar-refractivity contribution in [2.45, 2.75) is 13.0 Å². The molecule has 1 aliphatic heterocycles. The zero-order valence-electron chi connectivity index (χ0n) is 11.4. The van der Waals surface area contributed by atoms with Crippen LogP contribution in [0.3, 0.4) is 0 Å². The number of aryl methyl sites for hydroxylation is 1. The maximum Gasteiger partial charge on any atom is 0.358 e. The first-order valence-corrected chi connectivity index (χ1v) is 6.49. The van der Waals surface area contributed by atoms with Gasteiger partial charge >= 0.3 is 5.97 Å². The van der Waals surface area contributed by atoms with Crippen molar-refractivity contribution in [3.8, 4) is 6.07 Å². The molecular formula is C14H13N5O2. The number of carboxylic acids is 1. The van der Waals surface area contributed by atoms with Crippen molar-refractivity contribution in [2.75, 3.05) is 18.0 Å². The molecule has 0 aliphatic carbocycles. The van der Waals surface area contributed by atoms with Gasteiger partial charge < -0.3 is 10.0 Å². The summed E-state index contributed by atoms with van der Waals surface area (Å²) in [5.41, 5.74) is 2.60. The molecule has 7 heteroatoms. The number of nitriles is 1. The highest BCUT2D eigenvalue weighted by Gasteiger charge is 2.31. The minimum absolute atomic E-state index is 0.0540. The third kappa shape index (κ3) is 2.31. The van der Waals surface area contributed by atoms with Crippen LogP contribution in [0.25, 0.3) is 0 Å². The van der Waals surface area contributed by atoms with Crippen LogP contribution in [0.4, 0.5) is 5.69 Å². The van der Waals surface area contributed by atoms with Crippen LogP contribution in [-0.4, -0.2) is 39.2 Å². The largest absolute Gasteiger partial charge is 0.476 e. The lowest BCUT2D eigenvalue weighted by atomic mass is 10.0. The van der Waals surface area contributed by atoms with Crippen LogP contribution < -0.4 is 4.90 Å². The number of aromatic carboxylic acids is 1. The Bertz CT molecular complexity index is 740. The fourth-order valence-electron chi connectivity index (χ4n) is 2.37. The smallest absolute Gasteiger partial charge is 0.358 e. The first-order chi connectivity index (χ1) is 10.1. The van der Waals surface area contributed by atoms with Crippen molar-refractivity contribution >= 4 is 11.7 Å². The van der Waals surface area contributed by atoms with E-state index >= 15 is 0 Å². The summed E-state index contributed by atoms with van der Waals surface area (Å²) in [5, 5.41) is 25.4. The number of benzene rings is 1. The molecule has 0 atom stereocenters. The predicted octanol–water partition coefficient (Wildman–Crippen LogP) is 1.22. The van der Waals surface area contributed by atoms with Crippen molar-refractivity contribution in [1.82, 2.24) is 15.0 Å². The Morgan fingerprint density at radius 1 is 1.48 bits per heavy atom. The standard InChI is InChI=1S/C14H13N5O2/c1-9-2-3-10(5-15)13(4-9)18-6-11(7-18)19-8-12(14(20)21)16-17-19/h2-4,8,11H,6-7H2,1H3,(H,20,21). The molecule has 0 spiro atoms. The lowest BCUT2D eigenvalue weighted by Gasteiger charge is -2.41. The molecule has 106 valence electrons. The number of rotatable bonds is 3. The maximum atomic E-state index is 10.8. The van der Waals surface area contributed by atoms with E-state index in [1.54, 1.807) is 4.68 Å². The number of carboxylic acid groups (broad SMARTS) is 1. The normalized spacial score (nSPS) is 14.6. The van der Waals surface area contributed by atoms with Gasteiger partial charge in [-0.15, -0.1) is 5.10 Å². The summed E-state index contributed by atoms with van der Waals surface area (Å²) in [7, 11) is 0. The van der Waals surface area contributed by atoms with Crippen LogP contribution in [-0.2, 0) is 0 Å². The van der Waals surface area contributed by atoms with Crippen molar-refractivity contribution in [3.63, 3.8) is 0 Å². The van der Waals surface area contributed by atoms with E-state index in [0.717, 1.165) is 11.3 Å². The Morgan fingerprint density at radius 3 is 2.86 bits per heavy atom. The van der Waals surface area contributed by atoms with E-state index in [-0.39, 0.29) is 11.7 Å². The molecular weight excluding hydrogens is 270 g/mol. The average Bonchev–Trinajstić information content (AvgIpc) is 2.87. The van der Waals surface area contributed by atoms with Gasteiger partial charge in [-0.05, 0) is 24.6 Å². The van der Waals surface area contributed by atoms with E-state index < -0.39 is 5.97 Å². The first-order valence-electron chi connectivity index (χ1n) is 6.49. The van der Waals surface area contributed by atoms with Crippen molar-refractivity contribution < 1.29 is 9.90 Å². The molecule has 0 radical (unpaired) electrons. The van der Waals surface area contributed by atoms with Crippen LogP contribution in [0.2, 0.25) is 0 Å². The first kappa shape index (κ1) is 13.1. The van der Waals surface area contributed by atoms with Gasteiger partial charge in [0, 0.05) is 13.1 Å². The third-order valence-corrected chi connectivity index (χ3v) is 3.58. The lowest BCUT2D eigenvalue weighted by Crippen LogP contribution is -2.48. The fraction of sp³-hybridized carbons (Fsp3) is 0.286. The van der Waals surface area contributed by atoms with E-state index in [4.69, 9.17) is 10.4 Å². The highest BCUT2D eigenvalue weighted by atomic mass is 16.4. The topological polar surface area (TPSA) is 95.0 Å². The van der Waals surface area contributed by atoms with Crippen molar-refractivity contribution in [2.24, 2.45) is 0 Å². The number of nitrogens with zero attached hydrogens (tertiary/aromatic N) is 5. The number of hydrogen-bond acceptors (Lipinski definition) is 5. The number of carbonyl (C=O) groups is 1. The summed E-state index contributed by atoms with van der Waals surface area (Å²) in [6, 6.07) is 7.99. The fourth-order valence-corrected chi connectivity index (χ4v) is 2.37. The summed E-state index contributed by atoms with van der Waals surface area (Å²) in [5.74, 6) is -1.08. The molecule has 0 bridgehead atoms. The van der Waals surface area contributed by atoms with Gasteiger partial charge in [0.05, 0.1) is 23.5 Å². The Hall–Kier alpha value is -2.88. The van der Waals surface area contributed by atoms with Gasteiger partial charge in [0.1, 0.15) is 6.07 Å². The molecule has 7 nitrogen and oxygen atoms in total. The van der Waals surface area contributed by atoms with Crippen molar-refractivity contribution in [1.29, 1.82) is 5.26 Å². The molecule has 1 saturated heterocycles. The Balaban J connectivity index is 1.75. The predicted molar refractivity (Wildman–Crippen MR) is 74.1 cm³/mol. The number of anilines is 1. The quantitative estimate of drug-likeness (QED) is 0.910. The van der Waals surface area contributed by atoms with Crippen LogP contribution in [0, 0.1) is 18.3 Å². The highest BCUT2D eigenvalue weighted by molar-refractivity contribution is 5.84. The molecule has 3 rings (SSSR count). The van der Waals surface area contributed by atoms with Gasteiger partial charge in [-0.3, -0.25) is 0 Å². The van der Waals surface area contributed by atoms with Crippen LogP contribution >= 0.6 is 0 Å². The van der Waals surface area contributed by atoms with E-state index in [2.05, 4.69) is 21.3 Å². The zero-order chi connectivity index (χ0) is 15.0. The highest BCUT2D eigenvalue weighted by Crippen LogP contribution is 2.30. The molecule has 1 aromatic heterocycles. The van der Waals surface area contributed by atoms with Gasteiger partial charge in [-0.2, -0.15) is 5.26 Å². The Labute approximate surface area is 121 Å². The van der Waals surface area contributed by atoms with Gasteiger partial charge in [-0.1, -0.05) is 11.3 Å². The van der Waals surface area contributed by atoms with Crippen LogP contribution in [0.1, 0.15) is 27.7 Å². The second-order valence-electron chi connectivity index (χ2n) is 5.08. The van der Waals surface area contributed by atoms with Gasteiger partial charge in [0.15, 0.2) is 5.69 Å². The molecule has 0 saturated carbocycles. The maximum absolute atomic E-state index is 10.8. The molecule has 0 amide bonds. The Morgan fingerprint density at radius 2 is 2.24 bits per heavy atom. The van der Waals surface area contributed by atoms with E-state index in [0.29, 0.717) is 18.7 Å². The molecule has 1 aromatic carbocycles. The summed E-state index contributed by atoms with van der Waals surface area (Å²) in [4.78, 5) is 12.9. The minimum atomic E-state index is -1.08. The third-order valence-electron chi connectivity index (χ3n) is 3.58. The van der Waals surface area contributed by atoms with E-state index in [9.17, 15) is 4.79 Å². The summed E-state index contributed by atoms with van der Waals surface area (Å²) in [6.45, 7) is 3.35. The number of hydrogen-bond donors (Lipinski definition) is 1. The molecule has 1 N–H and O–H groups in total. The van der Waals surface area contributed by atoms with E-state index in [1.807, 2.05) is 25.1 Å². The van der Waals surface area contributed by atoms with Gasteiger partial charge in [0.2, 0.25) is 0 Å². The summed E-state index contributed by atoms with van der Waals surface area (Å²) in [6.07, 6.45) is 1.44. The lowest BCUT2D eigenvalue weighted by molar-refractivity contribution is 0.0690. The SMILES string of the molecule is Cc1ccc(C#N)c(N2CC(n3cc(C(=O)O)nn3)C2)c1. The van der Waals surface area contributed by atoms with E-state index in [1.165, 1.54) is 6.20 Å². The molecule has 0 unspecified atom stereocenters. The van der Waals surface area contributed by atoms with Crippen molar-refractivity contribution in [3.05, 3.63) is 41.2 Å². The summed E-state index contributed by atoms with van der Waals surface area (Å²) < 4.78 is 1.57. The second-order valence-corrected chi connectivity index (χ2v) is 5.08. The molecule has 1 fully saturated rings. The summed E-state index contributed by atoms with van der Waals surface area (Å²) >= 11 is 0. The van der Waals surface area contributed by atoms with Crippen LogP contribution in [0.15, 0.2) is 24.4 Å².